The summed E-state index contributed by atoms with van der Waals surface area (Å²) >= 11 is 0. The molecule has 1 aliphatic rings. The SMILES string of the molecule is CCOC(=O)[C@H]1O[C@@H]1C(=O)N[C@@H](Cc1ccc(OC)cc1)C(=O)OC. The molecule has 1 saturated heterocycles. The number of hydrogen-bond acceptors (Lipinski definition) is 7. The number of benzene rings is 1. The number of methoxy groups -OCH3 is 2. The molecule has 25 heavy (non-hydrogen) atoms. The third-order valence-corrected chi connectivity index (χ3v) is 3.67. The molecule has 1 aromatic rings. The van der Waals surface area contributed by atoms with Crippen LogP contribution in [0.15, 0.2) is 24.3 Å². The zero-order valence-electron chi connectivity index (χ0n) is 14.3. The molecule has 1 aromatic carbocycles. The number of esters is 2. The molecule has 0 bridgehead atoms. The predicted molar refractivity (Wildman–Crippen MR) is 85.9 cm³/mol. The summed E-state index contributed by atoms with van der Waals surface area (Å²) in [5, 5.41) is 2.56. The topological polar surface area (TPSA) is 103 Å². The first-order valence-electron chi connectivity index (χ1n) is 7.83. The molecule has 1 amide bonds. The first-order chi connectivity index (χ1) is 12.0. The molecule has 1 fully saturated rings. The van der Waals surface area contributed by atoms with E-state index < -0.39 is 36.1 Å². The molecule has 1 heterocycles. The van der Waals surface area contributed by atoms with Crippen molar-refractivity contribution in [1.82, 2.24) is 5.32 Å². The largest absolute Gasteiger partial charge is 0.497 e. The van der Waals surface area contributed by atoms with E-state index in [0.29, 0.717) is 5.75 Å². The molecule has 0 aromatic heterocycles. The van der Waals surface area contributed by atoms with Crippen LogP contribution >= 0.6 is 0 Å². The summed E-state index contributed by atoms with van der Waals surface area (Å²) in [6.45, 7) is 1.87. The van der Waals surface area contributed by atoms with Crippen LogP contribution < -0.4 is 10.1 Å². The van der Waals surface area contributed by atoms with Gasteiger partial charge in [0, 0.05) is 6.42 Å². The maximum atomic E-state index is 12.2. The molecule has 0 unspecified atom stereocenters. The molecule has 1 aliphatic heterocycles. The Morgan fingerprint density at radius 1 is 1.16 bits per heavy atom. The van der Waals surface area contributed by atoms with Crippen molar-refractivity contribution in [1.29, 1.82) is 0 Å². The van der Waals surface area contributed by atoms with E-state index in [9.17, 15) is 14.4 Å². The van der Waals surface area contributed by atoms with Gasteiger partial charge in [0.1, 0.15) is 11.8 Å². The van der Waals surface area contributed by atoms with Gasteiger partial charge in [-0.15, -0.1) is 0 Å². The summed E-state index contributed by atoms with van der Waals surface area (Å²) in [6, 6.07) is 6.20. The number of amides is 1. The van der Waals surface area contributed by atoms with Crippen molar-refractivity contribution in [3.8, 4) is 5.75 Å². The van der Waals surface area contributed by atoms with Gasteiger partial charge >= 0.3 is 11.9 Å². The number of hydrogen-bond donors (Lipinski definition) is 1. The highest BCUT2D eigenvalue weighted by molar-refractivity contribution is 5.94. The zero-order valence-corrected chi connectivity index (χ0v) is 14.3. The van der Waals surface area contributed by atoms with E-state index in [4.69, 9.17) is 18.9 Å². The van der Waals surface area contributed by atoms with Gasteiger partial charge in [0.2, 0.25) is 0 Å². The highest BCUT2D eigenvalue weighted by atomic mass is 16.6. The van der Waals surface area contributed by atoms with Gasteiger partial charge in [-0.1, -0.05) is 12.1 Å². The monoisotopic (exact) mass is 351 g/mol. The normalized spacial score (nSPS) is 19.5. The van der Waals surface area contributed by atoms with E-state index in [1.54, 1.807) is 38.3 Å². The quantitative estimate of drug-likeness (QED) is 0.528. The summed E-state index contributed by atoms with van der Waals surface area (Å²) < 4.78 is 19.6. The van der Waals surface area contributed by atoms with E-state index in [1.165, 1.54) is 7.11 Å². The smallest absolute Gasteiger partial charge is 0.338 e. The highest BCUT2D eigenvalue weighted by Crippen LogP contribution is 2.24. The van der Waals surface area contributed by atoms with Gasteiger partial charge in [0.25, 0.3) is 5.91 Å². The van der Waals surface area contributed by atoms with E-state index in [-0.39, 0.29) is 13.0 Å². The van der Waals surface area contributed by atoms with Gasteiger partial charge in [-0.25, -0.2) is 9.59 Å². The van der Waals surface area contributed by atoms with Gasteiger partial charge in [-0.3, -0.25) is 4.79 Å². The Kier molecular flexibility index (Phi) is 6.35. The van der Waals surface area contributed by atoms with Crippen molar-refractivity contribution in [3.05, 3.63) is 29.8 Å². The maximum absolute atomic E-state index is 12.2. The van der Waals surface area contributed by atoms with Crippen LogP contribution in [0.3, 0.4) is 0 Å². The predicted octanol–water partition coefficient (Wildman–Crippen LogP) is 0.226. The Bertz CT molecular complexity index is 628. The number of rotatable bonds is 8. The Labute approximate surface area is 145 Å². The van der Waals surface area contributed by atoms with Crippen molar-refractivity contribution in [2.45, 2.75) is 31.6 Å². The molecular formula is C17H21NO7. The van der Waals surface area contributed by atoms with Gasteiger partial charge in [0.15, 0.2) is 12.2 Å². The first-order valence-corrected chi connectivity index (χ1v) is 7.83. The molecular weight excluding hydrogens is 330 g/mol. The average molecular weight is 351 g/mol. The lowest BCUT2D eigenvalue weighted by molar-refractivity contribution is -0.145. The van der Waals surface area contributed by atoms with Gasteiger partial charge < -0.3 is 24.3 Å². The van der Waals surface area contributed by atoms with E-state index in [1.807, 2.05) is 0 Å². The molecule has 136 valence electrons. The second kappa shape index (κ2) is 8.48. The lowest BCUT2D eigenvalue weighted by Crippen LogP contribution is -2.45. The number of ether oxygens (including phenoxy) is 4. The third-order valence-electron chi connectivity index (χ3n) is 3.67. The van der Waals surface area contributed by atoms with Crippen LogP contribution in [0.4, 0.5) is 0 Å². The molecule has 3 atom stereocenters. The van der Waals surface area contributed by atoms with Crippen LogP contribution in [-0.4, -0.2) is 56.9 Å². The number of epoxide rings is 1. The number of carbonyl (C=O) groups is 3. The van der Waals surface area contributed by atoms with Crippen molar-refractivity contribution in [3.63, 3.8) is 0 Å². The van der Waals surface area contributed by atoms with Crippen molar-refractivity contribution in [2.75, 3.05) is 20.8 Å². The minimum atomic E-state index is -0.943. The second-order valence-corrected chi connectivity index (χ2v) is 5.37. The molecule has 0 saturated carbocycles. The molecule has 0 radical (unpaired) electrons. The fourth-order valence-electron chi connectivity index (χ4n) is 2.30. The maximum Gasteiger partial charge on any atom is 0.338 e. The summed E-state index contributed by atoms with van der Waals surface area (Å²) in [5.41, 5.74) is 0.815. The first kappa shape index (κ1) is 18.7. The fourth-order valence-corrected chi connectivity index (χ4v) is 2.30. The Morgan fingerprint density at radius 3 is 2.40 bits per heavy atom. The third kappa shape index (κ3) is 4.93. The van der Waals surface area contributed by atoms with E-state index in [0.717, 1.165) is 5.56 Å². The summed E-state index contributed by atoms with van der Waals surface area (Å²) in [6.07, 6.45) is -1.62. The van der Waals surface area contributed by atoms with Gasteiger partial charge in [0.05, 0.1) is 20.8 Å². The standard InChI is InChI=1S/C17H21NO7/c1-4-24-17(21)14-13(25-14)15(19)18-12(16(20)23-3)9-10-5-7-11(22-2)8-6-10/h5-8,12-14H,4,9H2,1-3H3,(H,18,19)/t12-,13-,14-/m0/s1. The Hall–Kier alpha value is -2.61. The van der Waals surface area contributed by atoms with Gasteiger partial charge in [-0.2, -0.15) is 0 Å². The van der Waals surface area contributed by atoms with E-state index >= 15 is 0 Å². The van der Waals surface area contributed by atoms with Crippen molar-refractivity contribution in [2.24, 2.45) is 0 Å². The molecule has 1 N–H and O–H groups in total. The lowest BCUT2D eigenvalue weighted by Gasteiger charge is -2.16. The molecule has 2 rings (SSSR count). The van der Waals surface area contributed by atoms with Crippen LogP contribution in [0, 0.1) is 0 Å². The highest BCUT2D eigenvalue weighted by Gasteiger charge is 2.52. The summed E-state index contributed by atoms with van der Waals surface area (Å²) in [4.78, 5) is 35.6. The minimum Gasteiger partial charge on any atom is -0.497 e. The second-order valence-electron chi connectivity index (χ2n) is 5.37. The van der Waals surface area contributed by atoms with Gasteiger partial charge in [-0.05, 0) is 24.6 Å². The summed E-state index contributed by atoms with van der Waals surface area (Å²) in [7, 11) is 2.80. The number of nitrogens with one attached hydrogen (secondary N) is 1. The molecule has 8 heteroatoms. The van der Waals surface area contributed by atoms with Crippen LogP contribution in [-0.2, 0) is 35.0 Å². The van der Waals surface area contributed by atoms with Crippen LogP contribution in [0.5, 0.6) is 5.75 Å². The summed E-state index contributed by atoms with van der Waals surface area (Å²) in [5.74, 6) is -1.04. The van der Waals surface area contributed by atoms with Crippen LogP contribution in [0.1, 0.15) is 12.5 Å². The van der Waals surface area contributed by atoms with Crippen molar-refractivity contribution < 1.29 is 33.3 Å². The molecule has 0 spiro atoms. The Balaban J connectivity index is 1.97. The fraction of sp³-hybridized carbons (Fsp3) is 0.471. The molecule has 0 aliphatic carbocycles. The zero-order chi connectivity index (χ0) is 18.4. The van der Waals surface area contributed by atoms with Crippen LogP contribution in [0.2, 0.25) is 0 Å². The Morgan fingerprint density at radius 2 is 1.84 bits per heavy atom. The molecule has 8 nitrogen and oxygen atoms in total. The minimum absolute atomic E-state index is 0.204. The van der Waals surface area contributed by atoms with E-state index in [2.05, 4.69) is 5.32 Å². The lowest BCUT2D eigenvalue weighted by atomic mass is 10.1. The number of carbonyl (C=O) groups excluding carboxylic acids is 3. The average Bonchev–Trinajstić information content (AvgIpc) is 3.42. The van der Waals surface area contributed by atoms with Crippen LogP contribution in [0.25, 0.3) is 0 Å². The van der Waals surface area contributed by atoms with Crippen molar-refractivity contribution >= 4 is 17.8 Å².